The van der Waals surface area contributed by atoms with Crippen LogP contribution in [-0.2, 0) is 10.1 Å². The number of benzene rings is 3. The Kier molecular flexibility index (Phi) is 4.14. The molecule has 4 rings (SSSR count). The first-order chi connectivity index (χ1) is 13.7. The Morgan fingerprint density at radius 3 is 2.00 bits per heavy atom. The average molecular weight is 411 g/mol. The largest absolute Gasteiger partial charge is 0.478 e. The molecule has 0 fully saturated rings. The summed E-state index contributed by atoms with van der Waals surface area (Å²) in [6.45, 7) is 0. The van der Waals surface area contributed by atoms with Crippen LogP contribution in [-0.4, -0.2) is 40.1 Å². The fourth-order valence-corrected chi connectivity index (χ4v) is 4.34. The molecule has 4 N–H and O–H groups in total. The van der Waals surface area contributed by atoms with E-state index in [1.54, 1.807) is 12.1 Å². The molecule has 0 unspecified atom stereocenters. The highest BCUT2D eigenvalue weighted by Crippen LogP contribution is 2.35. The first kappa shape index (κ1) is 18.7. The number of H-pyrrole nitrogens is 1. The van der Waals surface area contributed by atoms with Crippen molar-refractivity contribution in [3.8, 4) is 11.1 Å². The summed E-state index contributed by atoms with van der Waals surface area (Å²) in [5, 5.41) is 20.7. The summed E-state index contributed by atoms with van der Waals surface area (Å²) in [5.74, 6) is -3.35. The van der Waals surface area contributed by atoms with Crippen molar-refractivity contribution < 1.29 is 32.8 Å². The second-order valence-electron chi connectivity index (χ2n) is 6.38. The molecule has 9 heteroatoms. The molecule has 4 aromatic rings. The minimum Gasteiger partial charge on any atom is -0.478 e. The Labute approximate surface area is 163 Å². The smallest absolute Gasteiger partial charge is 0.337 e. The molecular weight excluding hydrogens is 398 g/mol. The molecule has 8 nitrogen and oxygen atoms in total. The zero-order chi connectivity index (χ0) is 20.9. The van der Waals surface area contributed by atoms with E-state index >= 15 is 0 Å². The molecule has 0 radical (unpaired) electrons. The number of rotatable bonds is 4. The summed E-state index contributed by atoms with van der Waals surface area (Å²) in [4.78, 5) is 25.4. The first-order valence-electron chi connectivity index (χ1n) is 8.30. The number of fused-ring (bicyclic) bond motifs is 3. The molecule has 0 amide bonds. The topological polar surface area (TPSA) is 145 Å². The monoisotopic (exact) mass is 411 g/mol. The second kappa shape index (κ2) is 6.43. The normalized spacial score (nSPS) is 11.8. The Morgan fingerprint density at radius 2 is 1.41 bits per heavy atom. The van der Waals surface area contributed by atoms with E-state index < -0.39 is 38.1 Å². The number of para-hydroxylation sites is 2. The van der Waals surface area contributed by atoms with Gasteiger partial charge >= 0.3 is 11.9 Å². The molecule has 0 aliphatic rings. The van der Waals surface area contributed by atoms with Crippen LogP contribution in [0.3, 0.4) is 0 Å². The average Bonchev–Trinajstić information content (AvgIpc) is 3.04. The van der Waals surface area contributed by atoms with Gasteiger partial charge in [0.25, 0.3) is 10.1 Å². The van der Waals surface area contributed by atoms with E-state index in [1.807, 2.05) is 30.3 Å². The number of aromatic amines is 1. The van der Waals surface area contributed by atoms with Crippen molar-refractivity contribution >= 4 is 43.9 Å². The molecule has 0 aliphatic heterocycles. The lowest BCUT2D eigenvalue weighted by Gasteiger charge is -2.11. The summed E-state index contributed by atoms with van der Waals surface area (Å²) in [6, 6.07) is 14.8. The van der Waals surface area contributed by atoms with Gasteiger partial charge in [-0.05, 0) is 23.8 Å². The molecule has 0 spiro atoms. The number of hydrogen-bond acceptors (Lipinski definition) is 4. The first-order valence-corrected chi connectivity index (χ1v) is 9.74. The number of nitrogens with one attached hydrogen (secondary N) is 1. The quantitative estimate of drug-likeness (QED) is 0.375. The van der Waals surface area contributed by atoms with E-state index in [-0.39, 0.29) is 5.56 Å². The van der Waals surface area contributed by atoms with Crippen LogP contribution in [0.4, 0.5) is 0 Å². The highest BCUT2D eigenvalue weighted by Gasteiger charge is 2.29. The van der Waals surface area contributed by atoms with Gasteiger partial charge in [0.1, 0.15) is 4.90 Å². The van der Waals surface area contributed by atoms with Crippen LogP contribution in [0.5, 0.6) is 0 Å². The van der Waals surface area contributed by atoms with Crippen molar-refractivity contribution in [1.82, 2.24) is 4.98 Å². The third kappa shape index (κ3) is 3.02. The van der Waals surface area contributed by atoms with Gasteiger partial charge in [0, 0.05) is 21.9 Å². The van der Waals surface area contributed by atoms with Gasteiger partial charge in [0.15, 0.2) is 0 Å². The van der Waals surface area contributed by atoms with Gasteiger partial charge in [0.2, 0.25) is 0 Å². The summed E-state index contributed by atoms with van der Waals surface area (Å²) >= 11 is 0. The second-order valence-corrected chi connectivity index (χ2v) is 7.74. The van der Waals surface area contributed by atoms with E-state index in [2.05, 4.69) is 4.98 Å². The summed E-state index contributed by atoms with van der Waals surface area (Å²) < 4.78 is 32.8. The molecule has 0 aliphatic carbocycles. The predicted octanol–water partition coefficient (Wildman–Crippen LogP) is 3.63. The number of carboxylic acids is 2. The number of hydrogen-bond donors (Lipinski definition) is 4. The Morgan fingerprint density at radius 1 is 0.828 bits per heavy atom. The van der Waals surface area contributed by atoms with Crippen LogP contribution >= 0.6 is 0 Å². The van der Waals surface area contributed by atoms with Gasteiger partial charge in [-0.2, -0.15) is 8.42 Å². The highest BCUT2D eigenvalue weighted by molar-refractivity contribution is 7.86. The van der Waals surface area contributed by atoms with Crippen LogP contribution in [0, 0.1) is 0 Å². The molecule has 0 bridgehead atoms. The molecule has 0 atom stereocenters. The maximum absolute atomic E-state index is 11.7. The third-order valence-corrected chi connectivity index (χ3v) is 5.62. The van der Waals surface area contributed by atoms with Crippen LogP contribution in [0.15, 0.2) is 59.5 Å². The Balaban J connectivity index is 2.11. The van der Waals surface area contributed by atoms with Gasteiger partial charge in [-0.3, -0.25) is 4.55 Å². The van der Waals surface area contributed by atoms with E-state index in [9.17, 15) is 32.8 Å². The van der Waals surface area contributed by atoms with Crippen LogP contribution < -0.4 is 0 Å². The highest BCUT2D eigenvalue weighted by atomic mass is 32.2. The van der Waals surface area contributed by atoms with E-state index in [4.69, 9.17) is 0 Å². The molecule has 29 heavy (non-hydrogen) atoms. The molecule has 0 saturated carbocycles. The zero-order valence-electron chi connectivity index (χ0n) is 14.6. The number of aromatic nitrogens is 1. The van der Waals surface area contributed by atoms with Crippen molar-refractivity contribution in [2.24, 2.45) is 0 Å². The number of carboxylic acid groups (broad SMARTS) is 2. The minimum atomic E-state index is -5.09. The molecule has 1 aromatic heterocycles. The number of aromatic carboxylic acids is 2. The van der Waals surface area contributed by atoms with E-state index in [0.717, 1.165) is 28.4 Å². The standard InChI is InChI=1S/C20H13NO7S/c22-19(23)14-8-10(9-15(20(24)25)18(14)29(26,27)28)11-5-3-6-13-12-4-1-2-7-16(12)21-17(11)13/h1-9,21H,(H,22,23)(H,24,25)(H,26,27,28). The molecule has 1 heterocycles. The van der Waals surface area contributed by atoms with Crippen molar-refractivity contribution in [2.75, 3.05) is 0 Å². The fraction of sp³-hybridized carbons (Fsp3) is 0. The molecule has 0 saturated heterocycles. The van der Waals surface area contributed by atoms with Crippen molar-refractivity contribution in [2.45, 2.75) is 4.90 Å². The lowest BCUT2D eigenvalue weighted by Crippen LogP contribution is -2.15. The van der Waals surface area contributed by atoms with Crippen molar-refractivity contribution in [1.29, 1.82) is 0 Å². The van der Waals surface area contributed by atoms with Crippen molar-refractivity contribution in [3.05, 3.63) is 65.7 Å². The van der Waals surface area contributed by atoms with Gasteiger partial charge < -0.3 is 15.2 Å². The van der Waals surface area contributed by atoms with Crippen LogP contribution in [0.2, 0.25) is 0 Å². The van der Waals surface area contributed by atoms with E-state index in [0.29, 0.717) is 11.1 Å². The maximum Gasteiger partial charge on any atom is 0.337 e. The Hall–Kier alpha value is -3.69. The van der Waals surface area contributed by atoms with Gasteiger partial charge in [-0.15, -0.1) is 0 Å². The third-order valence-electron chi connectivity index (χ3n) is 4.66. The summed E-state index contributed by atoms with van der Waals surface area (Å²) in [6.07, 6.45) is 0. The predicted molar refractivity (Wildman–Crippen MR) is 105 cm³/mol. The van der Waals surface area contributed by atoms with Crippen LogP contribution in [0.25, 0.3) is 32.9 Å². The maximum atomic E-state index is 11.7. The van der Waals surface area contributed by atoms with Crippen molar-refractivity contribution in [3.63, 3.8) is 0 Å². The SMILES string of the molecule is O=C(O)c1cc(-c2cccc3c2[nH]c2ccccc23)cc(C(=O)O)c1S(=O)(=O)O. The summed E-state index contributed by atoms with van der Waals surface area (Å²) in [7, 11) is -5.09. The Bertz CT molecular complexity index is 1400. The van der Waals surface area contributed by atoms with Gasteiger partial charge in [-0.1, -0.05) is 36.4 Å². The van der Waals surface area contributed by atoms with E-state index in [1.165, 1.54) is 0 Å². The zero-order valence-corrected chi connectivity index (χ0v) is 15.4. The minimum absolute atomic E-state index is 0.185. The fourth-order valence-electron chi connectivity index (χ4n) is 3.49. The number of carbonyl (C=O) groups is 2. The molecule has 146 valence electrons. The molecular formula is C20H13NO7S. The van der Waals surface area contributed by atoms with Gasteiger partial charge in [0.05, 0.1) is 16.6 Å². The summed E-state index contributed by atoms with van der Waals surface area (Å²) in [5.41, 5.74) is 0.503. The lowest BCUT2D eigenvalue weighted by atomic mass is 9.97. The van der Waals surface area contributed by atoms with Gasteiger partial charge in [-0.25, -0.2) is 9.59 Å². The lowest BCUT2D eigenvalue weighted by molar-refractivity contribution is 0.0688. The van der Waals surface area contributed by atoms with Crippen LogP contribution in [0.1, 0.15) is 20.7 Å². The molecule has 3 aromatic carbocycles.